The maximum Gasteiger partial charge on any atom is 0.325 e. The van der Waals surface area contributed by atoms with E-state index in [1.54, 1.807) is 13.8 Å². The molecule has 7 nitrogen and oxygen atoms in total. The van der Waals surface area contributed by atoms with Gasteiger partial charge in [-0.15, -0.1) is 0 Å². The van der Waals surface area contributed by atoms with Gasteiger partial charge in [0, 0.05) is 6.54 Å². The third-order valence-corrected chi connectivity index (χ3v) is 4.00. The van der Waals surface area contributed by atoms with Crippen molar-refractivity contribution in [2.75, 3.05) is 6.54 Å². The molecule has 7 heteroatoms. The molecule has 4 amide bonds. The molecule has 0 aromatic heterocycles. The zero-order valence-corrected chi connectivity index (χ0v) is 11.3. The number of urea groups is 1. The normalized spacial score (nSPS) is 21.9. The molecule has 4 N–H and O–H groups in total. The summed E-state index contributed by atoms with van der Waals surface area (Å²) in [7, 11) is 0. The monoisotopic (exact) mass is 268 g/mol. The van der Waals surface area contributed by atoms with Crippen molar-refractivity contribution in [3.05, 3.63) is 0 Å². The van der Waals surface area contributed by atoms with Crippen LogP contribution in [0.1, 0.15) is 39.5 Å². The highest BCUT2D eigenvalue weighted by Gasteiger charge is 2.53. The SMILES string of the molecule is CC(C)(CN1C(=O)NC2(CCCC2)C1=O)C(=O)NN. The van der Waals surface area contributed by atoms with Crippen molar-refractivity contribution in [1.82, 2.24) is 15.6 Å². The molecule has 0 atom stereocenters. The van der Waals surface area contributed by atoms with E-state index in [0.717, 1.165) is 17.7 Å². The Morgan fingerprint density at radius 3 is 2.53 bits per heavy atom. The van der Waals surface area contributed by atoms with Crippen LogP contribution in [0.4, 0.5) is 4.79 Å². The first kappa shape index (κ1) is 13.8. The Balaban J connectivity index is 2.15. The van der Waals surface area contributed by atoms with Crippen molar-refractivity contribution < 1.29 is 14.4 Å². The number of rotatable bonds is 3. The van der Waals surface area contributed by atoms with E-state index in [0.29, 0.717) is 12.8 Å². The van der Waals surface area contributed by atoms with Gasteiger partial charge in [0.2, 0.25) is 5.91 Å². The Kier molecular flexibility index (Phi) is 3.25. The third-order valence-electron chi connectivity index (χ3n) is 4.00. The lowest BCUT2D eigenvalue weighted by atomic mass is 9.91. The molecular formula is C12H20N4O3. The molecule has 0 radical (unpaired) electrons. The summed E-state index contributed by atoms with van der Waals surface area (Å²) in [5.74, 6) is 4.50. The first-order chi connectivity index (χ1) is 8.82. The van der Waals surface area contributed by atoms with Crippen molar-refractivity contribution in [3.8, 4) is 0 Å². The zero-order chi connectivity index (χ0) is 14.3. The molecule has 0 aromatic rings. The summed E-state index contributed by atoms with van der Waals surface area (Å²) in [6, 6.07) is -0.412. The van der Waals surface area contributed by atoms with Gasteiger partial charge >= 0.3 is 6.03 Å². The second kappa shape index (κ2) is 4.48. The number of nitrogens with zero attached hydrogens (tertiary/aromatic N) is 1. The minimum Gasteiger partial charge on any atom is -0.323 e. The van der Waals surface area contributed by atoms with Crippen LogP contribution >= 0.6 is 0 Å². The van der Waals surface area contributed by atoms with Gasteiger partial charge in [0.15, 0.2) is 0 Å². The summed E-state index contributed by atoms with van der Waals surface area (Å²) < 4.78 is 0. The van der Waals surface area contributed by atoms with Crippen LogP contribution in [0.2, 0.25) is 0 Å². The maximum atomic E-state index is 12.4. The average Bonchev–Trinajstić information content (AvgIpc) is 2.90. The molecule has 106 valence electrons. The van der Waals surface area contributed by atoms with Gasteiger partial charge in [-0.25, -0.2) is 10.6 Å². The van der Waals surface area contributed by atoms with E-state index in [2.05, 4.69) is 10.7 Å². The summed E-state index contributed by atoms with van der Waals surface area (Å²) in [6.07, 6.45) is 3.23. The molecule has 1 aliphatic carbocycles. The molecule has 2 rings (SSSR count). The number of carbonyl (C=O) groups is 3. The fourth-order valence-electron chi connectivity index (χ4n) is 2.80. The smallest absolute Gasteiger partial charge is 0.323 e. The molecule has 0 unspecified atom stereocenters. The van der Waals surface area contributed by atoms with Gasteiger partial charge in [0.25, 0.3) is 5.91 Å². The van der Waals surface area contributed by atoms with Crippen LogP contribution in [0.5, 0.6) is 0 Å². The fourth-order valence-corrected chi connectivity index (χ4v) is 2.80. The highest BCUT2D eigenvalue weighted by molar-refractivity contribution is 6.07. The molecule has 0 aromatic carbocycles. The van der Waals surface area contributed by atoms with E-state index in [-0.39, 0.29) is 12.5 Å². The molecule has 2 aliphatic rings. The first-order valence-electron chi connectivity index (χ1n) is 6.48. The molecule has 1 spiro atoms. The van der Waals surface area contributed by atoms with Crippen LogP contribution in [-0.4, -0.2) is 34.8 Å². The van der Waals surface area contributed by atoms with Crippen molar-refractivity contribution in [3.63, 3.8) is 0 Å². The van der Waals surface area contributed by atoms with Gasteiger partial charge in [0.05, 0.1) is 5.41 Å². The molecule has 0 bridgehead atoms. The standard InChI is InChI=1S/C12H20N4O3/c1-11(2,8(17)15-13)7-16-9(18)12(14-10(16)19)5-3-4-6-12/h3-7,13H2,1-2H3,(H,14,19)(H,15,17). The average molecular weight is 268 g/mol. The number of nitrogens with two attached hydrogens (primary N) is 1. The summed E-state index contributed by atoms with van der Waals surface area (Å²) in [6.45, 7) is 3.33. The maximum absolute atomic E-state index is 12.4. The van der Waals surface area contributed by atoms with E-state index in [4.69, 9.17) is 5.84 Å². The van der Waals surface area contributed by atoms with Crippen LogP contribution < -0.4 is 16.6 Å². The first-order valence-corrected chi connectivity index (χ1v) is 6.48. The summed E-state index contributed by atoms with van der Waals surface area (Å²) in [4.78, 5) is 37.2. The van der Waals surface area contributed by atoms with E-state index in [1.807, 2.05) is 0 Å². The van der Waals surface area contributed by atoms with E-state index < -0.39 is 22.9 Å². The van der Waals surface area contributed by atoms with Gasteiger partial charge in [-0.1, -0.05) is 12.8 Å². The molecular weight excluding hydrogens is 248 g/mol. The highest BCUT2D eigenvalue weighted by atomic mass is 16.2. The van der Waals surface area contributed by atoms with Gasteiger partial charge < -0.3 is 5.32 Å². The predicted molar refractivity (Wildman–Crippen MR) is 67.6 cm³/mol. The van der Waals surface area contributed by atoms with Gasteiger partial charge in [0.1, 0.15) is 5.54 Å². The number of imide groups is 1. The van der Waals surface area contributed by atoms with Crippen molar-refractivity contribution in [1.29, 1.82) is 0 Å². The molecule has 1 heterocycles. The largest absolute Gasteiger partial charge is 0.325 e. The van der Waals surface area contributed by atoms with E-state index in [9.17, 15) is 14.4 Å². The quantitative estimate of drug-likeness (QED) is 0.287. The lowest BCUT2D eigenvalue weighted by molar-refractivity contribution is -0.135. The number of hydrogen-bond acceptors (Lipinski definition) is 4. The molecule has 1 saturated heterocycles. The summed E-state index contributed by atoms with van der Waals surface area (Å²) in [5, 5.41) is 2.78. The van der Waals surface area contributed by atoms with Crippen LogP contribution in [0, 0.1) is 5.41 Å². The summed E-state index contributed by atoms with van der Waals surface area (Å²) in [5.41, 5.74) is 0.421. The third kappa shape index (κ3) is 2.18. The topological polar surface area (TPSA) is 105 Å². The Labute approximate surface area is 111 Å². The van der Waals surface area contributed by atoms with E-state index >= 15 is 0 Å². The van der Waals surface area contributed by atoms with Crippen molar-refractivity contribution in [2.24, 2.45) is 11.3 Å². The summed E-state index contributed by atoms with van der Waals surface area (Å²) >= 11 is 0. The van der Waals surface area contributed by atoms with Crippen LogP contribution in [0.25, 0.3) is 0 Å². The number of carbonyl (C=O) groups excluding carboxylic acids is 3. The van der Waals surface area contributed by atoms with Gasteiger partial charge in [-0.3, -0.25) is 19.9 Å². The van der Waals surface area contributed by atoms with E-state index in [1.165, 1.54) is 0 Å². The Hall–Kier alpha value is -1.63. The van der Waals surface area contributed by atoms with Crippen molar-refractivity contribution >= 4 is 17.8 Å². The number of nitrogens with one attached hydrogen (secondary N) is 2. The lowest BCUT2D eigenvalue weighted by Gasteiger charge is -2.27. The molecule has 1 saturated carbocycles. The number of amides is 4. The van der Waals surface area contributed by atoms with Gasteiger partial charge in [-0.2, -0.15) is 0 Å². The zero-order valence-electron chi connectivity index (χ0n) is 11.3. The Morgan fingerprint density at radius 1 is 1.42 bits per heavy atom. The predicted octanol–water partition coefficient (Wildman–Crippen LogP) is -0.133. The second-order valence-corrected chi connectivity index (χ2v) is 5.97. The fraction of sp³-hybridized carbons (Fsp3) is 0.750. The Bertz CT molecular complexity index is 427. The minimum absolute atomic E-state index is 0.0302. The minimum atomic E-state index is -0.911. The van der Waals surface area contributed by atoms with Gasteiger partial charge in [-0.05, 0) is 26.7 Å². The molecule has 2 fully saturated rings. The second-order valence-electron chi connectivity index (χ2n) is 5.97. The number of hydrazine groups is 1. The Morgan fingerprint density at radius 2 is 2.00 bits per heavy atom. The van der Waals surface area contributed by atoms with Crippen LogP contribution in [0.15, 0.2) is 0 Å². The number of hydrogen-bond donors (Lipinski definition) is 3. The highest BCUT2D eigenvalue weighted by Crippen LogP contribution is 2.36. The lowest BCUT2D eigenvalue weighted by Crippen LogP contribution is -2.49. The molecule has 1 aliphatic heterocycles. The molecule has 19 heavy (non-hydrogen) atoms. The van der Waals surface area contributed by atoms with Crippen LogP contribution in [0.3, 0.4) is 0 Å². The van der Waals surface area contributed by atoms with Crippen molar-refractivity contribution in [2.45, 2.75) is 45.1 Å². The van der Waals surface area contributed by atoms with Crippen LogP contribution in [-0.2, 0) is 9.59 Å².